The lowest BCUT2D eigenvalue weighted by Crippen LogP contribution is -2.45. The molecule has 1 fully saturated rings. The molecular formula is C20H28N2O4. The maximum atomic E-state index is 12.8. The summed E-state index contributed by atoms with van der Waals surface area (Å²) < 4.78 is 0. The molecule has 142 valence electrons. The Balaban J connectivity index is 1.97. The van der Waals surface area contributed by atoms with Gasteiger partial charge in [-0.25, -0.2) is 0 Å². The first kappa shape index (κ1) is 19.9. The van der Waals surface area contributed by atoms with Gasteiger partial charge in [0, 0.05) is 30.6 Å². The van der Waals surface area contributed by atoms with Gasteiger partial charge in [-0.2, -0.15) is 0 Å². The largest absolute Gasteiger partial charge is 0.481 e. The fourth-order valence-electron chi connectivity index (χ4n) is 3.09. The number of carbonyl (C=O) groups excluding carboxylic acids is 2. The van der Waals surface area contributed by atoms with Crippen molar-refractivity contribution in [2.24, 2.45) is 11.3 Å². The third kappa shape index (κ3) is 5.58. The highest BCUT2D eigenvalue weighted by molar-refractivity contribution is 5.94. The van der Waals surface area contributed by atoms with Crippen molar-refractivity contribution in [2.75, 3.05) is 19.6 Å². The molecule has 2 rings (SSSR count). The molecule has 6 nitrogen and oxygen atoms in total. The molecule has 1 aliphatic heterocycles. The second-order valence-electron chi connectivity index (χ2n) is 7.99. The summed E-state index contributed by atoms with van der Waals surface area (Å²) in [6, 6.07) is 6.81. The van der Waals surface area contributed by atoms with Crippen LogP contribution in [0.25, 0.3) is 0 Å². The van der Waals surface area contributed by atoms with E-state index in [0.717, 1.165) is 12.8 Å². The van der Waals surface area contributed by atoms with Crippen LogP contribution in [0.3, 0.4) is 0 Å². The maximum absolute atomic E-state index is 12.8. The molecule has 1 aromatic rings. The van der Waals surface area contributed by atoms with Crippen molar-refractivity contribution in [3.63, 3.8) is 0 Å². The molecule has 0 aromatic heterocycles. The summed E-state index contributed by atoms with van der Waals surface area (Å²) in [6.07, 6.45) is 1.78. The molecule has 1 aromatic carbocycles. The molecule has 6 heteroatoms. The fourth-order valence-corrected chi connectivity index (χ4v) is 3.09. The molecule has 0 bridgehead atoms. The number of hydrogen-bond acceptors (Lipinski definition) is 3. The highest BCUT2D eigenvalue weighted by Crippen LogP contribution is 2.20. The molecule has 0 saturated carbocycles. The highest BCUT2D eigenvalue weighted by atomic mass is 16.4. The van der Waals surface area contributed by atoms with Crippen LogP contribution in [0.15, 0.2) is 24.3 Å². The van der Waals surface area contributed by atoms with Gasteiger partial charge in [-0.1, -0.05) is 32.9 Å². The molecule has 2 amide bonds. The van der Waals surface area contributed by atoms with Crippen LogP contribution in [0.2, 0.25) is 0 Å². The zero-order valence-electron chi connectivity index (χ0n) is 15.7. The van der Waals surface area contributed by atoms with E-state index in [2.05, 4.69) is 5.32 Å². The monoisotopic (exact) mass is 360 g/mol. The minimum atomic E-state index is -0.915. The van der Waals surface area contributed by atoms with Crippen molar-refractivity contribution in [3.8, 4) is 0 Å². The molecule has 0 radical (unpaired) electrons. The lowest BCUT2D eigenvalue weighted by atomic mass is 9.93. The lowest BCUT2D eigenvalue weighted by molar-refractivity contribution is -0.136. The van der Waals surface area contributed by atoms with Gasteiger partial charge in [-0.15, -0.1) is 0 Å². The van der Waals surface area contributed by atoms with Gasteiger partial charge in [-0.3, -0.25) is 14.4 Å². The first-order valence-electron chi connectivity index (χ1n) is 9.05. The third-order valence-electron chi connectivity index (χ3n) is 4.57. The first-order chi connectivity index (χ1) is 12.2. The van der Waals surface area contributed by atoms with Crippen molar-refractivity contribution < 1.29 is 19.5 Å². The van der Waals surface area contributed by atoms with E-state index in [9.17, 15) is 14.4 Å². The minimum absolute atomic E-state index is 0.0160. The number of carbonyl (C=O) groups is 3. The SMILES string of the molecule is CC(C)(C)C(=O)NCC1CCCN(C(=O)c2cccc(CC(=O)O)c2)C1. The van der Waals surface area contributed by atoms with E-state index < -0.39 is 11.4 Å². The van der Waals surface area contributed by atoms with Gasteiger partial charge >= 0.3 is 5.97 Å². The summed E-state index contributed by atoms with van der Waals surface area (Å²) in [6.45, 7) is 7.49. The average Bonchev–Trinajstić information content (AvgIpc) is 2.58. The number of likely N-dealkylation sites (tertiary alicyclic amines) is 1. The number of piperidine rings is 1. The molecule has 1 aliphatic rings. The van der Waals surface area contributed by atoms with E-state index in [1.807, 2.05) is 20.8 Å². The first-order valence-corrected chi connectivity index (χ1v) is 9.05. The predicted molar refractivity (Wildman–Crippen MR) is 98.9 cm³/mol. The molecule has 0 aliphatic carbocycles. The van der Waals surface area contributed by atoms with Crippen LogP contribution in [0, 0.1) is 11.3 Å². The second-order valence-corrected chi connectivity index (χ2v) is 7.99. The van der Waals surface area contributed by atoms with Crippen LogP contribution >= 0.6 is 0 Å². The summed E-state index contributed by atoms with van der Waals surface area (Å²) in [5.41, 5.74) is 0.715. The molecule has 0 spiro atoms. The Hall–Kier alpha value is -2.37. The molecule has 1 atom stereocenters. The third-order valence-corrected chi connectivity index (χ3v) is 4.57. The fraction of sp³-hybridized carbons (Fsp3) is 0.550. The van der Waals surface area contributed by atoms with E-state index in [0.29, 0.717) is 30.8 Å². The number of nitrogens with one attached hydrogen (secondary N) is 1. The number of hydrogen-bond donors (Lipinski definition) is 2. The lowest BCUT2D eigenvalue weighted by Gasteiger charge is -2.33. The van der Waals surface area contributed by atoms with Crippen LogP contribution in [-0.2, 0) is 16.0 Å². The van der Waals surface area contributed by atoms with Gasteiger partial charge in [0.2, 0.25) is 5.91 Å². The smallest absolute Gasteiger partial charge is 0.307 e. The zero-order chi connectivity index (χ0) is 19.3. The molecule has 26 heavy (non-hydrogen) atoms. The van der Waals surface area contributed by atoms with E-state index in [4.69, 9.17) is 5.11 Å². The van der Waals surface area contributed by atoms with E-state index in [1.165, 1.54) is 0 Å². The Morgan fingerprint density at radius 1 is 1.27 bits per heavy atom. The van der Waals surface area contributed by atoms with Gasteiger partial charge in [0.25, 0.3) is 5.91 Å². The Labute approximate surface area is 154 Å². The zero-order valence-corrected chi connectivity index (χ0v) is 15.7. The van der Waals surface area contributed by atoms with Gasteiger partial charge in [0.15, 0.2) is 0 Å². The number of amides is 2. The van der Waals surface area contributed by atoms with E-state index >= 15 is 0 Å². The predicted octanol–water partition coefficient (Wildman–Crippen LogP) is 2.33. The Kier molecular flexibility index (Phi) is 6.40. The van der Waals surface area contributed by atoms with Crippen LogP contribution in [0.5, 0.6) is 0 Å². The maximum Gasteiger partial charge on any atom is 0.307 e. The number of aliphatic carboxylic acids is 1. The molecule has 1 saturated heterocycles. The quantitative estimate of drug-likeness (QED) is 0.844. The molecular weight excluding hydrogens is 332 g/mol. The van der Waals surface area contributed by atoms with E-state index in [1.54, 1.807) is 29.2 Å². The molecule has 2 N–H and O–H groups in total. The van der Waals surface area contributed by atoms with E-state index in [-0.39, 0.29) is 24.2 Å². The van der Waals surface area contributed by atoms with Crippen molar-refractivity contribution in [3.05, 3.63) is 35.4 Å². The van der Waals surface area contributed by atoms with Gasteiger partial charge < -0.3 is 15.3 Å². The summed E-state index contributed by atoms with van der Waals surface area (Å²) in [5.74, 6) is -0.741. The Morgan fingerprint density at radius 2 is 2.00 bits per heavy atom. The van der Waals surface area contributed by atoms with Crippen LogP contribution < -0.4 is 5.32 Å². The highest BCUT2D eigenvalue weighted by Gasteiger charge is 2.27. The average molecular weight is 360 g/mol. The van der Waals surface area contributed by atoms with Crippen molar-refractivity contribution in [1.29, 1.82) is 0 Å². The summed E-state index contributed by atoms with van der Waals surface area (Å²) >= 11 is 0. The van der Waals surface area contributed by atoms with Crippen LogP contribution in [0.1, 0.15) is 49.5 Å². The Bertz CT molecular complexity index is 679. The molecule has 1 unspecified atom stereocenters. The van der Waals surface area contributed by atoms with Crippen LogP contribution in [0.4, 0.5) is 0 Å². The normalized spacial score (nSPS) is 17.7. The van der Waals surface area contributed by atoms with Gasteiger partial charge in [0.05, 0.1) is 6.42 Å². The topological polar surface area (TPSA) is 86.7 Å². The second kappa shape index (κ2) is 8.34. The van der Waals surface area contributed by atoms with Gasteiger partial charge in [-0.05, 0) is 36.5 Å². The number of carboxylic acids is 1. The van der Waals surface area contributed by atoms with Crippen molar-refractivity contribution in [1.82, 2.24) is 10.2 Å². The minimum Gasteiger partial charge on any atom is -0.481 e. The number of rotatable bonds is 5. The summed E-state index contributed by atoms with van der Waals surface area (Å²) in [7, 11) is 0. The summed E-state index contributed by atoms with van der Waals surface area (Å²) in [4.78, 5) is 37.5. The standard InChI is InChI=1S/C20H28N2O4/c1-20(2,3)19(26)21-12-15-7-5-9-22(13-15)18(25)16-8-4-6-14(10-16)11-17(23)24/h4,6,8,10,15H,5,7,9,11-13H2,1-3H3,(H,21,26)(H,23,24). The summed E-state index contributed by atoms with van der Waals surface area (Å²) in [5, 5.41) is 11.9. The number of benzene rings is 1. The molecule has 1 heterocycles. The van der Waals surface area contributed by atoms with Crippen molar-refractivity contribution >= 4 is 17.8 Å². The number of nitrogens with zero attached hydrogens (tertiary/aromatic N) is 1. The number of carboxylic acid groups (broad SMARTS) is 1. The van der Waals surface area contributed by atoms with Crippen LogP contribution in [-0.4, -0.2) is 47.4 Å². The van der Waals surface area contributed by atoms with Crippen molar-refractivity contribution in [2.45, 2.75) is 40.0 Å². The Morgan fingerprint density at radius 3 is 2.65 bits per heavy atom. The van der Waals surface area contributed by atoms with Gasteiger partial charge in [0.1, 0.15) is 0 Å².